The molecule has 0 unspecified atom stereocenters. The first kappa shape index (κ1) is 12.9. The molecular weight excluding hydrogens is 224 g/mol. The van der Waals surface area contributed by atoms with E-state index in [0.717, 1.165) is 5.56 Å². The van der Waals surface area contributed by atoms with E-state index in [2.05, 4.69) is 17.4 Å². The smallest absolute Gasteiger partial charge is 0.226 e. The number of nitrogens with one attached hydrogen (secondary N) is 1. The molecule has 0 radical (unpaired) electrons. The lowest BCUT2D eigenvalue weighted by atomic mass is 10.1. The van der Waals surface area contributed by atoms with E-state index < -0.39 is 0 Å². The average Bonchev–Trinajstić information content (AvgIpc) is 2.84. The van der Waals surface area contributed by atoms with Crippen LogP contribution < -0.4 is 5.32 Å². The SMILES string of the molecule is CN(C)C(=O)Cc1ccc(NC2CCCC2)cc1. The molecule has 3 heteroatoms. The van der Waals surface area contributed by atoms with Crippen molar-refractivity contribution in [3.05, 3.63) is 29.8 Å². The molecule has 0 saturated heterocycles. The molecule has 1 aromatic carbocycles. The second-order valence-corrected chi connectivity index (χ2v) is 5.29. The van der Waals surface area contributed by atoms with Gasteiger partial charge in [0.1, 0.15) is 0 Å². The zero-order chi connectivity index (χ0) is 13.0. The van der Waals surface area contributed by atoms with E-state index in [0.29, 0.717) is 12.5 Å². The zero-order valence-electron chi connectivity index (χ0n) is 11.3. The summed E-state index contributed by atoms with van der Waals surface area (Å²) in [5, 5.41) is 3.55. The molecule has 98 valence electrons. The summed E-state index contributed by atoms with van der Waals surface area (Å²) in [5.41, 5.74) is 2.24. The molecule has 0 spiro atoms. The Morgan fingerprint density at radius 1 is 1.22 bits per heavy atom. The standard InChI is InChI=1S/C15H22N2O/c1-17(2)15(18)11-12-7-9-14(10-8-12)16-13-5-3-4-6-13/h7-10,13,16H,3-6,11H2,1-2H3. The highest BCUT2D eigenvalue weighted by Crippen LogP contribution is 2.22. The summed E-state index contributed by atoms with van der Waals surface area (Å²) in [6.07, 6.45) is 5.72. The highest BCUT2D eigenvalue weighted by atomic mass is 16.2. The molecule has 1 N–H and O–H groups in total. The molecule has 0 aliphatic heterocycles. The number of hydrogen-bond acceptors (Lipinski definition) is 2. The second-order valence-electron chi connectivity index (χ2n) is 5.29. The van der Waals surface area contributed by atoms with Crippen LogP contribution in [0.15, 0.2) is 24.3 Å². The number of anilines is 1. The van der Waals surface area contributed by atoms with Crippen LogP contribution in [0.5, 0.6) is 0 Å². The van der Waals surface area contributed by atoms with Crippen LogP contribution in [0.25, 0.3) is 0 Å². The Morgan fingerprint density at radius 3 is 2.39 bits per heavy atom. The number of amides is 1. The zero-order valence-corrected chi connectivity index (χ0v) is 11.3. The van der Waals surface area contributed by atoms with Crippen LogP contribution in [-0.2, 0) is 11.2 Å². The predicted molar refractivity (Wildman–Crippen MR) is 74.7 cm³/mol. The van der Waals surface area contributed by atoms with Crippen LogP contribution in [0.4, 0.5) is 5.69 Å². The normalized spacial score (nSPS) is 15.7. The maximum atomic E-state index is 11.6. The van der Waals surface area contributed by atoms with Crippen molar-refractivity contribution in [2.24, 2.45) is 0 Å². The molecule has 18 heavy (non-hydrogen) atoms. The topological polar surface area (TPSA) is 32.3 Å². The first-order valence-corrected chi connectivity index (χ1v) is 6.71. The molecule has 0 aromatic heterocycles. The van der Waals surface area contributed by atoms with Crippen LogP contribution in [0.2, 0.25) is 0 Å². The van der Waals surface area contributed by atoms with Crippen molar-refractivity contribution in [3.8, 4) is 0 Å². The van der Waals surface area contributed by atoms with Gasteiger partial charge in [0.25, 0.3) is 0 Å². The Balaban J connectivity index is 1.90. The third-order valence-corrected chi connectivity index (χ3v) is 3.53. The lowest BCUT2D eigenvalue weighted by molar-refractivity contribution is -0.127. The summed E-state index contributed by atoms with van der Waals surface area (Å²) >= 11 is 0. The van der Waals surface area contributed by atoms with Crippen molar-refractivity contribution in [1.82, 2.24) is 4.90 Å². The summed E-state index contributed by atoms with van der Waals surface area (Å²) in [6, 6.07) is 8.88. The van der Waals surface area contributed by atoms with Crippen LogP contribution >= 0.6 is 0 Å². The Kier molecular flexibility index (Phi) is 4.24. The molecule has 3 nitrogen and oxygen atoms in total. The van der Waals surface area contributed by atoms with E-state index in [1.165, 1.54) is 31.4 Å². The first-order valence-electron chi connectivity index (χ1n) is 6.71. The van der Waals surface area contributed by atoms with Gasteiger partial charge in [0.05, 0.1) is 6.42 Å². The van der Waals surface area contributed by atoms with Gasteiger partial charge in [0, 0.05) is 25.8 Å². The van der Waals surface area contributed by atoms with Gasteiger partial charge >= 0.3 is 0 Å². The van der Waals surface area contributed by atoms with Crippen molar-refractivity contribution < 1.29 is 4.79 Å². The summed E-state index contributed by atoms with van der Waals surface area (Å²) in [5.74, 6) is 0.145. The number of carbonyl (C=O) groups is 1. The van der Waals surface area contributed by atoms with Crippen molar-refractivity contribution in [3.63, 3.8) is 0 Å². The molecular formula is C15H22N2O. The Bertz CT molecular complexity index is 391. The summed E-state index contributed by atoms with van der Waals surface area (Å²) in [4.78, 5) is 13.2. The second kappa shape index (κ2) is 5.89. The quantitative estimate of drug-likeness (QED) is 0.886. The molecule has 2 rings (SSSR count). The summed E-state index contributed by atoms with van der Waals surface area (Å²) in [7, 11) is 3.58. The van der Waals surface area contributed by atoms with Crippen LogP contribution in [-0.4, -0.2) is 30.9 Å². The number of hydrogen-bond donors (Lipinski definition) is 1. The monoisotopic (exact) mass is 246 g/mol. The number of benzene rings is 1. The molecule has 1 aromatic rings. The van der Waals surface area contributed by atoms with Gasteiger partial charge in [-0.2, -0.15) is 0 Å². The van der Waals surface area contributed by atoms with Gasteiger partial charge in [0.15, 0.2) is 0 Å². The highest BCUT2D eigenvalue weighted by molar-refractivity contribution is 5.78. The molecule has 1 aliphatic rings. The fraction of sp³-hybridized carbons (Fsp3) is 0.533. The molecule has 0 atom stereocenters. The number of rotatable bonds is 4. The first-order chi connectivity index (χ1) is 8.65. The summed E-state index contributed by atoms with van der Waals surface area (Å²) < 4.78 is 0. The number of carbonyl (C=O) groups excluding carboxylic acids is 1. The number of nitrogens with zero attached hydrogens (tertiary/aromatic N) is 1. The van der Waals surface area contributed by atoms with Crippen molar-refractivity contribution in [1.29, 1.82) is 0 Å². The lowest BCUT2D eigenvalue weighted by Crippen LogP contribution is -2.23. The minimum Gasteiger partial charge on any atom is -0.382 e. The maximum absolute atomic E-state index is 11.6. The Labute approximate surface area is 109 Å². The minimum atomic E-state index is 0.145. The van der Waals surface area contributed by atoms with Crippen LogP contribution in [0.3, 0.4) is 0 Å². The van der Waals surface area contributed by atoms with Gasteiger partial charge in [0.2, 0.25) is 5.91 Å². The van der Waals surface area contributed by atoms with E-state index in [1.807, 2.05) is 12.1 Å². The third-order valence-electron chi connectivity index (χ3n) is 3.53. The fourth-order valence-corrected chi connectivity index (χ4v) is 2.36. The van der Waals surface area contributed by atoms with Crippen LogP contribution in [0.1, 0.15) is 31.2 Å². The van der Waals surface area contributed by atoms with Gasteiger partial charge in [-0.1, -0.05) is 25.0 Å². The predicted octanol–water partition coefficient (Wildman–Crippen LogP) is 2.67. The fourth-order valence-electron chi connectivity index (χ4n) is 2.36. The largest absolute Gasteiger partial charge is 0.382 e. The average molecular weight is 246 g/mol. The van der Waals surface area contributed by atoms with Gasteiger partial charge in [-0.05, 0) is 30.5 Å². The van der Waals surface area contributed by atoms with E-state index >= 15 is 0 Å². The van der Waals surface area contributed by atoms with E-state index in [9.17, 15) is 4.79 Å². The maximum Gasteiger partial charge on any atom is 0.226 e. The van der Waals surface area contributed by atoms with Crippen molar-refractivity contribution >= 4 is 11.6 Å². The molecule has 1 amide bonds. The highest BCUT2D eigenvalue weighted by Gasteiger charge is 2.14. The van der Waals surface area contributed by atoms with E-state index in [1.54, 1.807) is 19.0 Å². The third kappa shape index (κ3) is 3.49. The number of likely N-dealkylation sites (N-methyl/N-ethyl adjacent to an activating group) is 1. The van der Waals surface area contributed by atoms with Gasteiger partial charge in [-0.25, -0.2) is 0 Å². The van der Waals surface area contributed by atoms with Crippen LogP contribution in [0, 0.1) is 0 Å². The van der Waals surface area contributed by atoms with Gasteiger partial charge in [-0.3, -0.25) is 4.79 Å². The molecule has 1 fully saturated rings. The molecule has 0 heterocycles. The lowest BCUT2D eigenvalue weighted by Gasteiger charge is -2.14. The molecule has 1 saturated carbocycles. The Hall–Kier alpha value is -1.51. The van der Waals surface area contributed by atoms with E-state index in [4.69, 9.17) is 0 Å². The molecule has 0 bridgehead atoms. The van der Waals surface area contributed by atoms with Gasteiger partial charge in [-0.15, -0.1) is 0 Å². The van der Waals surface area contributed by atoms with E-state index in [-0.39, 0.29) is 5.91 Å². The van der Waals surface area contributed by atoms with Crippen molar-refractivity contribution in [2.75, 3.05) is 19.4 Å². The minimum absolute atomic E-state index is 0.145. The van der Waals surface area contributed by atoms with Gasteiger partial charge < -0.3 is 10.2 Å². The summed E-state index contributed by atoms with van der Waals surface area (Å²) in [6.45, 7) is 0. The Morgan fingerprint density at radius 2 is 1.83 bits per heavy atom. The molecule has 1 aliphatic carbocycles. The van der Waals surface area contributed by atoms with Crippen molar-refractivity contribution in [2.45, 2.75) is 38.1 Å².